The molecule has 36 heavy (non-hydrogen) atoms. The minimum absolute atomic E-state index is 0.126. The Morgan fingerprint density at radius 3 is 2.58 bits per heavy atom. The number of para-hydroxylation sites is 1. The molecule has 10 nitrogen and oxygen atoms in total. The van der Waals surface area contributed by atoms with E-state index in [1.807, 2.05) is 0 Å². The first-order valence-electron chi connectivity index (χ1n) is 10.7. The molecule has 3 aromatic carbocycles. The Balaban J connectivity index is 1.25. The van der Waals surface area contributed by atoms with Gasteiger partial charge in [0.15, 0.2) is 18.1 Å². The van der Waals surface area contributed by atoms with Gasteiger partial charge in [0.2, 0.25) is 6.79 Å². The zero-order valence-electron chi connectivity index (χ0n) is 18.8. The molecule has 0 atom stereocenters. The average molecular weight is 509 g/mol. The predicted octanol–water partition coefficient (Wildman–Crippen LogP) is 2.85. The van der Waals surface area contributed by atoms with Crippen molar-refractivity contribution in [3.8, 4) is 17.2 Å². The second-order valence-electron chi connectivity index (χ2n) is 7.45. The Hall–Kier alpha value is -4.57. The van der Waals surface area contributed by atoms with Gasteiger partial charge in [-0.1, -0.05) is 29.8 Å². The first kappa shape index (κ1) is 24.6. The number of hydrogen-bond acceptors (Lipinski definition) is 7. The summed E-state index contributed by atoms with van der Waals surface area (Å²) in [5.41, 5.74) is 4.00. The highest BCUT2D eigenvalue weighted by atomic mass is 35.5. The third-order valence-electron chi connectivity index (χ3n) is 4.87. The molecule has 184 valence electrons. The molecule has 4 rings (SSSR count). The van der Waals surface area contributed by atoms with Gasteiger partial charge in [-0.2, -0.15) is 5.10 Å². The summed E-state index contributed by atoms with van der Waals surface area (Å²) in [5.74, 6) is -0.575. The van der Waals surface area contributed by atoms with Crippen LogP contribution in [0.3, 0.4) is 0 Å². The van der Waals surface area contributed by atoms with Gasteiger partial charge < -0.3 is 24.8 Å². The van der Waals surface area contributed by atoms with Crippen LogP contribution in [0.4, 0.5) is 5.69 Å². The lowest BCUT2D eigenvalue weighted by molar-refractivity contribution is -0.139. The van der Waals surface area contributed by atoms with E-state index in [0.29, 0.717) is 33.5 Å². The van der Waals surface area contributed by atoms with Crippen molar-refractivity contribution < 1.29 is 28.6 Å². The van der Waals surface area contributed by atoms with Crippen molar-refractivity contribution >= 4 is 41.2 Å². The van der Waals surface area contributed by atoms with E-state index >= 15 is 0 Å². The molecule has 1 heterocycles. The normalized spacial score (nSPS) is 11.7. The van der Waals surface area contributed by atoms with Crippen molar-refractivity contribution in [3.63, 3.8) is 0 Å². The van der Waals surface area contributed by atoms with Crippen LogP contribution in [0.1, 0.15) is 11.1 Å². The van der Waals surface area contributed by atoms with Crippen LogP contribution in [0.15, 0.2) is 71.8 Å². The van der Waals surface area contributed by atoms with Gasteiger partial charge in [-0.15, -0.1) is 0 Å². The monoisotopic (exact) mass is 508 g/mol. The quantitative estimate of drug-likeness (QED) is 0.244. The number of hydrogen-bond donors (Lipinski definition) is 3. The van der Waals surface area contributed by atoms with Gasteiger partial charge in [-0.05, 0) is 54.1 Å². The van der Waals surface area contributed by atoms with Gasteiger partial charge in [0.05, 0.1) is 6.21 Å². The predicted molar refractivity (Wildman–Crippen MR) is 132 cm³/mol. The number of amides is 3. The molecule has 3 aromatic rings. The second-order valence-corrected chi connectivity index (χ2v) is 7.89. The summed E-state index contributed by atoms with van der Waals surface area (Å²) in [6.07, 6.45) is 1.31. The minimum atomic E-state index is -0.937. The number of rotatable bonds is 8. The largest absolute Gasteiger partial charge is 0.483 e. The lowest BCUT2D eigenvalue weighted by Gasteiger charge is -2.09. The molecule has 3 N–H and O–H groups in total. The fourth-order valence-corrected chi connectivity index (χ4v) is 3.24. The summed E-state index contributed by atoms with van der Waals surface area (Å²) >= 11 is 5.84. The third-order valence-corrected chi connectivity index (χ3v) is 5.12. The molecule has 0 radical (unpaired) electrons. The van der Waals surface area contributed by atoms with Crippen LogP contribution < -0.4 is 30.3 Å². The molecule has 0 unspecified atom stereocenters. The highest BCUT2D eigenvalue weighted by Crippen LogP contribution is 2.32. The van der Waals surface area contributed by atoms with Crippen LogP contribution in [0.2, 0.25) is 5.02 Å². The van der Waals surface area contributed by atoms with Crippen molar-refractivity contribution in [3.05, 3.63) is 82.9 Å². The number of fused-ring (bicyclic) bond motifs is 1. The number of anilines is 1. The second kappa shape index (κ2) is 11.7. The maximum atomic E-state index is 12.2. The maximum Gasteiger partial charge on any atom is 0.329 e. The molecule has 0 spiro atoms. The number of carbonyl (C=O) groups is 3. The number of benzene rings is 3. The zero-order valence-corrected chi connectivity index (χ0v) is 19.6. The number of hydrazone groups is 1. The van der Waals surface area contributed by atoms with Crippen molar-refractivity contribution in [1.82, 2.24) is 10.7 Å². The number of nitrogens with one attached hydrogen (secondary N) is 3. The molecule has 0 aliphatic carbocycles. The van der Waals surface area contributed by atoms with Gasteiger partial charge in [-0.25, -0.2) is 5.43 Å². The summed E-state index contributed by atoms with van der Waals surface area (Å²) in [6, 6.07) is 18.7. The maximum absolute atomic E-state index is 12.2. The van der Waals surface area contributed by atoms with Crippen LogP contribution >= 0.6 is 11.6 Å². The van der Waals surface area contributed by atoms with Gasteiger partial charge in [-0.3, -0.25) is 14.4 Å². The molecule has 3 amide bonds. The third kappa shape index (κ3) is 6.73. The van der Waals surface area contributed by atoms with Crippen molar-refractivity contribution in [1.29, 1.82) is 0 Å². The fraction of sp³-hybridized carbons (Fsp3) is 0.120. The molecule has 0 fully saturated rings. The lowest BCUT2D eigenvalue weighted by Crippen LogP contribution is -2.37. The van der Waals surface area contributed by atoms with E-state index in [2.05, 4.69) is 21.2 Å². The Kier molecular flexibility index (Phi) is 7.99. The minimum Gasteiger partial charge on any atom is -0.483 e. The van der Waals surface area contributed by atoms with Gasteiger partial charge in [0.25, 0.3) is 5.91 Å². The van der Waals surface area contributed by atoms with E-state index in [-0.39, 0.29) is 25.9 Å². The topological polar surface area (TPSA) is 127 Å². The molecule has 11 heteroatoms. The summed E-state index contributed by atoms with van der Waals surface area (Å²) in [7, 11) is 0. The van der Waals surface area contributed by atoms with Crippen molar-refractivity contribution in [2.45, 2.75) is 6.54 Å². The molecular weight excluding hydrogens is 488 g/mol. The SMILES string of the molecule is O=C(COc1ccccc1/C=N\NC(=O)C(=O)NCc1ccc2c(c1)OCO2)Nc1ccc(Cl)cc1. The van der Waals surface area contributed by atoms with Crippen LogP contribution in [-0.4, -0.2) is 37.3 Å². The number of ether oxygens (including phenoxy) is 3. The smallest absolute Gasteiger partial charge is 0.329 e. The van der Waals surface area contributed by atoms with Crippen LogP contribution in [-0.2, 0) is 20.9 Å². The summed E-state index contributed by atoms with van der Waals surface area (Å²) in [5, 5.41) is 9.58. The van der Waals surface area contributed by atoms with E-state index in [4.69, 9.17) is 25.8 Å². The Labute approximate surface area is 211 Å². The summed E-state index contributed by atoms with van der Waals surface area (Å²) < 4.78 is 16.1. The molecule has 0 saturated carbocycles. The number of carbonyl (C=O) groups excluding carboxylic acids is 3. The number of halogens is 1. The van der Waals surface area contributed by atoms with E-state index in [0.717, 1.165) is 5.56 Å². The van der Waals surface area contributed by atoms with E-state index in [1.165, 1.54) is 6.21 Å². The van der Waals surface area contributed by atoms with E-state index in [1.54, 1.807) is 66.7 Å². The molecule has 0 aromatic heterocycles. The van der Waals surface area contributed by atoms with E-state index < -0.39 is 11.8 Å². The van der Waals surface area contributed by atoms with Crippen LogP contribution in [0.5, 0.6) is 17.2 Å². The molecule has 1 aliphatic heterocycles. The Morgan fingerprint density at radius 1 is 0.972 bits per heavy atom. The van der Waals surface area contributed by atoms with Gasteiger partial charge >= 0.3 is 11.8 Å². The standard InChI is InChI=1S/C25H21ClN4O6/c26-18-6-8-19(9-7-18)29-23(31)14-34-20-4-2-1-3-17(20)13-28-30-25(33)24(32)27-12-16-5-10-21-22(11-16)36-15-35-21/h1-11,13H,12,14-15H2,(H,27,32)(H,29,31)(H,30,33)/b28-13-. The lowest BCUT2D eigenvalue weighted by atomic mass is 10.2. The molecule has 0 saturated heterocycles. The van der Waals surface area contributed by atoms with Crippen molar-refractivity contribution in [2.75, 3.05) is 18.7 Å². The Bertz CT molecular complexity index is 1300. The summed E-state index contributed by atoms with van der Waals surface area (Å²) in [4.78, 5) is 36.3. The zero-order chi connectivity index (χ0) is 25.3. The van der Waals surface area contributed by atoms with Gasteiger partial charge in [0, 0.05) is 22.8 Å². The Morgan fingerprint density at radius 2 is 1.75 bits per heavy atom. The highest BCUT2D eigenvalue weighted by molar-refractivity contribution is 6.35. The summed E-state index contributed by atoms with van der Waals surface area (Å²) in [6.45, 7) is 0.0276. The fourth-order valence-electron chi connectivity index (χ4n) is 3.12. The van der Waals surface area contributed by atoms with Gasteiger partial charge in [0.1, 0.15) is 5.75 Å². The molecule has 1 aliphatic rings. The van der Waals surface area contributed by atoms with E-state index in [9.17, 15) is 14.4 Å². The van der Waals surface area contributed by atoms with Crippen molar-refractivity contribution in [2.24, 2.45) is 5.10 Å². The molecule has 0 bridgehead atoms. The van der Waals surface area contributed by atoms with Crippen LogP contribution in [0.25, 0.3) is 0 Å². The number of nitrogens with zero attached hydrogens (tertiary/aromatic N) is 1. The van der Waals surface area contributed by atoms with Crippen LogP contribution in [0, 0.1) is 0 Å². The first-order chi connectivity index (χ1) is 17.5. The highest BCUT2D eigenvalue weighted by Gasteiger charge is 2.15. The average Bonchev–Trinajstić information content (AvgIpc) is 3.36. The molecular formula is C25H21ClN4O6. The first-order valence-corrected chi connectivity index (χ1v) is 11.1.